The maximum absolute atomic E-state index is 6.36. The molecule has 1 aromatic heterocycles. The summed E-state index contributed by atoms with van der Waals surface area (Å²) >= 11 is 2.31. The molecule has 1 unspecified atom stereocenters. The first-order chi connectivity index (χ1) is 10.1. The predicted molar refractivity (Wildman–Crippen MR) is 96.3 cm³/mol. The minimum absolute atomic E-state index is 0.0756. The molecule has 106 valence electrons. The van der Waals surface area contributed by atoms with Gasteiger partial charge >= 0.3 is 0 Å². The van der Waals surface area contributed by atoms with Gasteiger partial charge in [-0.25, -0.2) is 0 Å². The molecule has 1 atom stereocenters. The summed E-state index contributed by atoms with van der Waals surface area (Å²) in [5.74, 6) is 0. The second kappa shape index (κ2) is 6.12. The number of fused-ring (bicyclic) bond motifs is 1. The average Bonchev–Trinajstić information content (AvgIpc) is 2.49. The van der Waals surface area contributed by atoms with Crippen molar-refractivity contribution in [1.82, 2.24) is 4.98 Å². The molecule has 0 aliphatic rings. The lowest BCUT2D eigenvalue weighted by Gasteiger charge is -2.13. The van der Waals surface area contributed by atoms with Crippen molar-refractivity contribution in [2.75, 3.05) is 0 Å². The van der Waals surface area contributed by atoms with Gasteiger partial charge in [0.1, 0.15) is 0 Å². The third-order valence-corrected chi connectivity index (χ3v) is 4.41. The van der Waals surface area contributed by atoms with Crippen LogP contribution in [0.3, 0.4) is 0 Å². The van der Waals surface area contributed by atoms with Crippen LogP contribution >= 0.6 is 22.6 Å². The Balaban J connectivity index is 1.90. The van der Waals surface area contributed by atoms with E-state index in [1.165, 1.54) is 20.1 Å². The molecule has 3 rings (SSSR count). The molecule has 1 heterocycles. The Morgan fingerprint density at radius 2 is 1.81 bits per heavy atom. The van der Waals surface area contributed by atoms with E-state index in [4.69, 9.17) is 10.7 Å². The molecule has 0 aliphatic heterocycles. The quantitative estimate of drug-likeness (QED) is 0.676. The van der Waals surface area contributed by atoms with Crippen LogP contribution in [0.2, 0.25) is 0 Å². The highest BCUT2D eigenvalue weighted by Gasteiger charge is 2.11. The number of nitrogens with two attached hydrogens (primary N) is 1. The molecular formula is C18H17IN2. The fourth-order valence-corrected chi connectivity index (χ4v) is 2.90. The van der Waals surface area contributed by atoms with Crippen LogP contribution in [0.1, 0.15) is 22.9 Å². The van der Waals surface area contributed by atoms with E-state index in [2.05, 4.69) is 65.9 Å². The summed E-state index contributed by atoms with van der Waals surface area (Å²) in [5.41, 5.74) is 10.8. The Kier molecular flexibility index (Phi) is 4.22. The molecule has 3 heteroatoms. The SMILES string of the molecule is Cc1cc(C(N)Cc2ccc(I)cc2)nc2ccccc12. The highest BCUT2D eigenvalue weighted by molar-refractivity contribution is 14.1. The minimum Gasteiger partial charge on any atom is -0.322 e. The summed E-state index contributed by atoms with van der Waals surface area (Å²) in [4.78, 5) is 4.72. The number of aryl methyl sites for hydroxylation is 1. The zero-order valence-corrected chi connectivity index (χ0v) is 14.0. The summed E-state index contributed by atoms with van der Waals surface area (Å²) in [7, 11) is 0. The Bertz CT molecular complexity index is 766. The number of nitrogens with zero attached hydrogens (tertiary/aromatic N) is 1. The lowest BCUT2D eigenvalue weighted by atomic mass is 10.0. The van der Waals surface area contributed by atoms with Crippen LogP contribution in [-0.2, 0) is 6.42 Å². The van der Waals surface area contributed by atoms with Gasteiger partial charge in [0.15, 0.2) is 0 Å². The van der Waals surface area contributed by atoms with Crippen molar-refractivity contribution < 1.29 is 0 Å². The van der Waals surface area contributed by atoms with Crippen LogP contribution in [0.5, 0.6) is 0 Å². The normalized spacial score (nSPS) is 12.5. The summed E-state index contributed by atoms with van der Waals surface area (Å²) in [6.07, 6.45) is 0.807. The van der Waals surface area contributed by atoms with Crippen molar-refractivity contribution in [2.24, 2.45) is 5.73 Å². The van der Waals surface area contributed by atoms with E-state index < -0.39 is 0 Å². The standard InChI is InChI=1S/C18H17IN2/c1-12-10-18(21-17-5-3-2-4-15(12)17)16(20)11-13-6-8-14(19)9-7-13/h2-10,16H,11,20H2,1H3. The van der Waals surface area contributed by atoms with Crippen LogP contribution in [-0.4, -0.2) is 4.98 Å². The molecule has 2 N–H and O–H groups in total. The number of hydrogen-bond donors (Lipinski definition) is 1. The Hall–Kier alpha value is -1.46. The van der Waals surface area contributed by atoms with E-state index >= 15 is 0 Å². The maximum atomic E-state index is 6.36. The first-order valence-corrected chi connectivity index (χ1v) is 8.07. The molecule has 0 aliphatic carbocycles. The smallest absolute Gasteiger partial charge is 0.0708 e. The van der Waals surface area contributed by atoms with E-state index in [1.807, 2.05) is 18.2 Å². The first-order valence-electron chi connectivity index (χ1n) is 7.00. The molecule has 0 amide bonds. The molecule has 2 aromatic carbocycles. The lowest BCUT2D eigenvalue weighted by molar-refractivity contribution is 0.699. The van der Waals surface area contributed by atoms with Crippen molar-refractivity contribution in [3.63, 3.8) is 0 Å². The molecule has 0 fully saturated rings. The lowest BCUT2D eigenvalue weighted by Crippen LogP contribution is -2.15. The monoisotopic (exact) mass is 388 g/mol. The topological polar surface area (TPSA) is 38.9 Å². The molecular weight excluding hydrogens is 371 g/mol. The van der Waals surface area contributed by atoms with E-state index in [1.54, 1.807) is 0 Å². The fourth-order valence-electron chi connectivity index (χ4n) is 2.54. The maximum Gasteiger partial charge on any atom is 0.0708 e. The molecule has 3 aromatic rings. The van der Waals surface area contributed by atoms with Gasteiger partial charge in [-0.3, -0.25) is 4.98 Å². The molecule has 0 saturated carbocycles. The number of hydrogen-bond acceptors (Lipinski definition) is 2. The number of halogens is 1. The molecule has 0 saturated heterocycles. The van der Waals surface area contributed by atoms with Crippen LogP contribution in [0, 0.1) is 10.5 Å². The van der Waals surface area contributed by atoms with Crippen LogP contribution in [0.15, 0.2) is 54.6 Å². The van der Waals surface area contributed by atoms with Gasteiger partial charge in [0.2, 0.25) is 0 Å². The molecule has 21 heavy (non-hydrogen) atoms. The van der Waals surface area contributed by atoms with E-state index in [9.17, 15) is 0 Å². The van der Waals surface area contributed by atoms with Crippen LogP contribution < -0.4 is 5.73 Å². The van der Waals surface area contributed by atoms with Crippen molar-refractivity contribution >= 4 is 33.5 Å². The fraction of sp³-hybridized carbons (Fsp3) is 0.167. The summed E-state index contributed by atoms with van der Waals surface area (Å²) in [5, 5.41) is 1.20. The predicted octanol–water partition coefficient (Wildman–Crippen LogP) is 4.39. The van der Waals surface area contributed by atoms with E-state index in [-0.39, 0.29) is 6.04 Å². The largest absolute Gasteiger partial charge is 0.322 e. The zero-order chi connectivity index (χ0) is 14.8. The third kappa shape index (κ3) is 3.24. The molecule has 2 nitrogen and oxygen atoms in total. The van der Waals surface area contributed by atoms with Crippen molar-refractivity contribution in [2.45, 2.75) is 19.4 Å². The second-order valence-electron chi connectivity index (χ2n) is 5.32. The van der Waals surface area contributed by atoms with Crippen molar-refractivity contribution in [3.05, 3.63) is 75.0 Å². The Morgan fingerprint density at radius 3 is 2.57 bits per heavy atom. The second-order valence-corrected chi connectivity index (χ2v) is 6.56. The highest BCUT2D eigenvalue weighted by atomic mass is 127. The van der Waals surface area contributed by atoms with E-state index in [0.29, 0.717) is 0 Å². The number of benzene rings is 2. The number of rotatable bonds is 3. The van der Waals surface area contributed by atoms with Crippen molar-refractivity contribution in [1.29, 1.82) is 0 Å². The Labute approximate surface area is 138 Å². The van der Waals surface area contributed by atoms with Gasteiger partial charge < -0.3 is 5.73 Å². The van der Waals surface area contributed by atoms with Gasteiger partial charge in [-0.05, 0) is 71.3 Å². The zero-order valence-electron chi connectivity index (χ0n) is 11.9. The van der Waals surface area contributed by atoms with Gasteiger partial charge in [-0.15, -0.1) is 0 Å². The summed E-state index contributed by atoms with van der Waals surface area (Å²) < 4.78 is 1.24. The molecule has 0 bridgehead atoms. The summed E-state index contributed by atoms with van der Waals surface area (Å²) in [6.45, 7) is 2.12. The first kappa shape index (κ1) is 14.5. The minimum atomic E-state index is -0.0756. The molecule has 0 spiro atoms. The average molecular weight is 388 g/mol. The Morgan fingerprint density at radius 1 is 1.10 bits per heavy atom. The van der Waals surface area contributed by atoms with Gasteiger partial charge in [0.25, 0.3) is 0 Å². The highest BCUT2D eigenvalue weighted by Crippen LogP contribution is 2.22. The van der Waals surface area contributed by atoms with E-state index in [0.717, 1.165) is 17.6 Å². The van der Waals surface area contributed by atoms with Gasteiger partial charge in [0, 0.05) is 8.96 Å². The summed E-state index contributed by atoms with van der Waals surface area (Å²) in [6, 6.07) is 18.7. The third-order valence-electron chi connectivity index (χ3n) is 3.69. The number of para-hydroxylation sites is 1. The molecule has 0 radical (unpaired) electrons. The van der Waals surface area contributed by atoms with Crippen LogP contribution in [0.4, 0.5) is 0 Å². The number of pyridine rings is 1. The van der Waals surface area contributed by atoms with Gasteiger partial charge in [-0.1, -0.05) is 30.3 Å². The number of aromatic nitrogens is 1. The van der Waals surface area contributed by atoms with Gasteiger partial charge in [0.05, 0.1) is 17.3 Å². The van der Waals surface area contributed by atoms with Gasteiger partial charge in [-0.2, -0.15) is 0 Å². The van der Waals surface area contributed by atoms with Crippen molar-refractivity contribution in [3.8, 4) is 0 Å². The van der Waals surface area contributed by atoms with Crippen LogP contribution in [0.25, 0.3) is 10.9 Å².